The topological polar surface area (TPSA) is 9.23 Å². The van der Waals surface area contributed by atoms with Crippen LogP contribution >= 0.6 is 0 Å². The second kappa shape index (κ2) is 24.7. The van der Waals surface area contributed by atoms with Gasteiger partial charge < -0.3 is 4.74 Å². The van der Waals surface area contributed by atoms with Crippen LogP contribution in [-0.4, -0.2) is 13.2 Å². The van der Waals surface area contributed by atoms with Crippen LogP contribution in [0, 0.1) is 0 Å². The molecule has 0 saturated heterocycles. The van der Waals surface area contributed by atoms with Crippen LogP contribution in [0.4, 0.5) is 0 Å². The first-order chi connectivity index (χ1) is 18.4. The molecule has 0 aliphatic carbocycles. The van der Waals surface area contributed by atoms with Crippen molar-refractivity contribution in [1.29, 1.82) is 0 Å². The summed E-state index contributed by atoms with van der Waals surface area (Å²) in [7, 11) is 0. The molecule has 0 radical (unpaired) electrons. The summed E-state index contributed by atoms with van der Waals surface area (Å²) in [6.07, 6.45) is 30.2. The Labute approximate surface area is 230 Å². The number of hydrogen-bond acceptors (Lipinski definition) is 1. The molecule has 0 unspecified atom stereocenters. The Balaban J connectivity index is 1.17. The summed E-state index contributed by atoms with van der Waals surface area (Å²) in [4.78, 5) is 0. The summed E-state index contributed by atoms with van der Waals surface area (Å²) in [6, 6.07) is 21.8. The molecule has 0 N–H and O–H groups in total. The Hall–Kier alpha value is -1.60. The minimum atomic E-state index is 0.978. The van der Waals surface area contributed by atoms with Gasteiger partial charge in [0.05, 0.1) is 0 Å². The molecule has 2 rings (SSSR count). The van der Waals surface area contributed by atoms with Crippen LogP contribution in [-0.2, 0) is 17.6 Å². The second-order valence-electron chi connectivity index (χ2n) is 11.2. The van der Waals surface area contributed by atoms with E-state index in [4.69, 9.17) is 4.74 Å². The maximum Gasteiger partial charge on any atom is 0.0466 e. The van der Waals surface area contributed by atoms with E-state index in [1.165, 1.54) is 152 Å². The van der Waals surface area contributed by atoms with Gasteiger partial charge in [0.2, 0.25) is 0 Å². The van der Waals surface area contributed by atoms with E-state index in [1.807, 2.05) is 0 Å². The predicted octanol–water partition coefficient (Wildman–Crippen LogP) is 11.3. The number of rotatable bonds is 26. The quantitative estimate of drug-likeness (QED) is 0.115. The second-order valence-corrected chi connectivity index (χ2v) is 11.2. The highest BCUT2D eigenvalue weighted by Crippen LogP contribution is 2.14. The fraction of sp³-hybridized carbons (Fsp3) is 0.667. The molecule has 0 atom stereocenters. The molecular formula is C36H58O. The lowest BCUT2D eigenvalue weighted by atomic mass is 10.0. The standard InChI is InChI=1S/C36H58O/c1(5-9-13-19-27-35-29-21-17-22-30-35)3-7-11-15-25-33-37-34-26-16-12-8-4-2-6-10-14-20-28-36-31-23-18-24-32-36/h17-18,21-24,29-32H,1-16,19-20,25-28,33-34H2. The summed E-state index contributed by atoms with van der Waals surface area (Å²) < 4.78 is 5.86. The van der Waals surface area contributed by atoms with Crippen molar-refractivity contribution >= 4 is 0 Å². The third kappa shape index (κ3) is 20.1. The van der Waals surface area contributed by atoms with E-state index in [2.05, 4.69) is 60.7 Å². The molecule has 0 aromatic heterocycles. The van der Waals surface area contributed by atoms with Crippen molar-refractivity contribution < 1.29 is 4.74 Å². The zero-order valence-corrected chi connectivity index (χ0v) is 24.2. The highest BCUT2D eigenvalue weighted by molar-refractivity contribution is 5.15. The first-order valence-electron chi connectivity index (χ1n) is 16.1. The van der Waals surface area contributed by atoms with Gasteiger partial charge in [-0.3, -0.25) is 0 Å². The maximum atomic E-state index is 5.86. The summed E-state index contributed by atoms with van der Waals surface area (Å²) in [5.74, 6) is 0. The SMILES string of the molecule is c1ccc(CCCCCCCCCCCCOCCCCCCCCCCCCc2ccccc2)cc1. The van der Waals surface area contributed by atoms with Crippen molar-refractivity contribution in [2.75, 3.05) is 13.2 Å². The lowest BCUT2D eigenvalue weighted by Gasteiger charge is -2.06. The van der Waals surface area contributed by atoms with Crippen molar-refractivity contribution in [2.45, 2.75) is 141 Å². The maximum absolute atomic E-state index is 5.86. The van der Waals surface area contributed by atoms with Crippen LogP contribution < -0.4 is 0 Å². The number of aryl methyl sites for hydroxylation is 2. The average molecular weight is 507 g/mol. The van der Waals surface area contributed by atoms with Crippen molar-refractivity contribution in [3.05, 3.63) is 71.8 Å². The summed E-state index contributed by atoms with van der Waals surface area (Å²) >= 11 is 0. The third-order valence-corrected chi connectivity index (χ3v) is 7.69. The highest BCUT2D eigenvalue weighted by Gasteiger charge is 1.97. The molecule has 0 bridgehead atoms. The minimum absolute atomic E-state index is 0.978. The molecular weight excluding hydrogens is 448 g/mol. The van der Waals surface area contributed by atoms with Gasteiger partial charge in [0, 0.05) is 13.2 Å². The monoisotopic (exact) mass is 506 g/mol. The molecule has 1 nitrogen and oxygen atoms in total. The molecule has 208 valence electrons. The fourth-order valence-electron chi connectivity index (χ4n) is 5.29. The fourth-order valence-corrected chi connectivity index (χ4v) is 5.29. The zero-order chi connectivity index (χ0) is 25.9. The largest absolute Gasteiger partial charge is 0.381 e. The van der Waals surface area contributed by atoms with Crippen LogP contribution in [0.2, 0.25) is 0 Å². The molecule has 0 saturated carbocycles. The summed E-state index contributed by atoms with van der Waals surface area (Å²) in [5, 5.41) is 0. The number of ether oxygens (including phenoxy) is 1. The number of hydrogen-bond donors (Lipinski definition) is 0. The zero-order valence-electron chi connectivity index (χ0n) is 24.2. The first-order valence-corrected chi connectivity index (χ1v) is 16.1. The minimum Gasteiger partial charge on any atom is -0.381 e. The molecule has 0 aliphatic heterocycles. The first kappa shape index (κ1) is 31.6. The van der Waals surface area contributed by atoms with Gasteiger partial charge in [0.1, 0.15) is 0 Å². The highest BCUT2D eigenvalue weighted by atomic mass is 16.5. The molecule has 0 heterocycles. The van der Waals surface area contributed by atoms with Gasteiger partial charge in [0.25, 0.3) is 0 Å². The Morgan fingerprint density at radius 1 is 0.297 bits per heavy atom. The van der Waals surface area contributed by atoms with Gasteiger partial charge in [-0.25, -0.2) is 0 Å². The molecule has 1 heteroatoms. The van der Waals surface area contributed by atoms with Gasteiger partial charge >= 0.3 is 0 Å². The van der Waals surface area contributed by atoms with Crippen LogP contribution in [0.25, 0.3) is 0 Å². The van der Waals surface area contributed by atoms with Crippen molar-refractivity contribution in [3.63, 3.8) is 0 Å². The van der Waals surface area contributed by atoms with E-state index in [1.54, 1.807) is 0 Å². The van der Waals surface area contributed by atoms with E-state index in [-0.39, 0.29) is 0 Å². The van der Waals surface area contributed by atoms with Gasteiger partial charge in [-0.05, 0) is 49.7 Å². The predicted molar refractivity (Wildman–Crippen MR) is 163 cm³/mol. The van der Waals surface area contributed by atoms with E-state index >= 15 is 0 Å². The summed E-state index contributed by atoms with van der Waals surface area (Å²) in [5.41, 5.74) is 2.99. The summed E-state index contributed by atoms with van der Waals surface area (Å²) in [6.45, 7) is 1.96. The van der Waals surface area contributed by atoms with Crippen LogP contribution in [0.1, 0.15) is 140 Å². The molecule has 2 aromatic carbocycles. The van der Waals surface area contributed by atoms with E-state index < -0.39 is 0 Å². The van der Waals surface area contributed by atoms with Gasteiger partial charge in [-0.15, -0.1) is 0 Å². The Bertz CT molecular complexity index is 634. The van der Waals surface area contributed by atoms with E-state index in [0.29, 0.717) is 0 Å². The van der Waals surface area contributed by atoms with Gasteiger partial charge in [-0.2, -0.15) is 0 Å². The van der Waals surface area contributed by atoms with E-state index in [9.17, 15) is 0 Å². The van der Waals surface area contributed by atoms with Crippen LogP contribution in [0.5, 0.6) is 0 Å². The lowest BCUT2D eigenvalue weighted by Crippen LogP contribution is -1.97. The molecule has 37 heavy (non-hydrogen) atoms. The molecule has 0 spiro atoms. The van der Waals surface area contributed by atoms with Gasteiger partial charge in [0.15, 0.2) is 0 Å². The number of unbranched alkanes of at least 4 members (excludes halogenated alkanes) is 18. The van der Waals surface area contributed by atoms with Gasteiger partial charge in [-0.1, -0.05) is 163 Å². The van der Waals surface area contributed by atoms with Crippen LogP contribution in [0.15, 0.2) is 60.7 Å². The molecule has 0 aliphatic rings. The third-order valence-electron chi connectivity index (χ3n) is 7.69. The molecule has 0 fully saturated rings. The lowest BCUT2D eigenvalue weighted by molar-refractivity contribution is 0.125. The van der Waals surface area contributed by atoms with Crippen LogP contribution in [0.3, 0.4) is 0 Å². The average Bonchev–Trinajstić information content (AvgIpc) is 2.94. The normalized spacial score (nSPS) is 11.2. The van der Waals surface area contributed by atoms with E-state index in [0.717, 1.165) is 13.2 Å². The Kier molecular flexibility index (Phi) is 21.1. The van der Waals surface area contributed by atoms with Crippen molar-refractivity contribution in [3.8, 4) is 0 Å². The van der Waals surface area contributed by atoms with Crippen molar-refractivity contribution in [2.24, 2.45) is 0 Å². The van der Waals surface area contributed by atoms with Crippen molar-refractivity contribution in [1.82, 2.24) is 0 Å². The molecule has 0 amide bonds. The Morgan fingerprint density at radius 2 is 0.568 bits per heavy atom. The molecule has 2 aromatic rings. The Morgan fingerprint density at radius 3 is 0.892 bits per heavy atom. The number of benzene rings is 2. The smallest absolute Gasteiger partial charge is 0.0466 e.